The number of benzene rings is 1. The summed E-state index contributed by atoms with van der Waals surface area (Å²) in [5.41, 5.74) is 7.12. The minimum atomic E-state index is -0.436. The molecule has 0 spiro atoms. The fourth-order valence-corrected chi connectivity index (χ4v) is 1.62. The summed E-state index contributed by atoms with van der Waals surface area (Å²) in [4.78, 5) is 11.5. The Hall–Kier alpha value is -1.91. The molecule has 0 saturated carbocycles. The van der Waals surface area contributed by atoms with Crippen molar-refractivity contribution < 1.29 is 14.3 Å². The number of hydrogen-bond acceptors (Lipinski definition) is 5. The van der Waals surface area contributed by atoms with Gasteiger partial charge in [0.15, 0.2) is 0 Å². The van der Waals surface area contributed by atoms with Crippen molar-refractivity contribution >= 4 is 17.3 Å². The van der Waals surface area contributed by atoms with E-state index >= 15 is 0 Å². The van der Waals surface area contributed by atoms with Gasteiger partial charge >= 0.3 is 5.97 Å². The highest BCUT2D eigenvalue weighted by molar-refractivity contribution is 5.79. The minimum absolute atomic E-state index is 0.0668. The van der Waals surface area contributed by atoms with Gasteiger partial charge in [-0.05, 0) is 33.8 Å². The van der Waals surface area contributed by atoms with Crippen LogP contribution in [0, 0.1) is 0 Å². The molecule has 1 rings (SSSR count). The molecule has 1 aromatic rings. The zero-order chi connectivity index (χ0) is 14.4. The zero-order valence-corrected chi connectivity index (χ0v) is 11.9. The van der Waals surface area contributed by atoms with Gasteiger partial charge in [-0.25, -0.2) is 4.79 Å². The van der Waals surface area contributed by atoms with E-state index in [9.17, 15) is 4.79 Å². The van der Waals surface area contributed by atoms with Gasteiger partial charge in [-0.3, -0.25) is 0 Å². The fraction of sp³-hybridized carbons (Fsp3) is 0.500. The number of carbonyl (C=O) groups excluding carboxylic acids is 1. The molecule has 0 bridgehead atoms. The van der Waals surface area contributed by atoms with Gasteiger partial charge in [0.05, 0.1) is 12.7 Å². The van der Waals surface area contributed by atoms with Crippen LogP contribution >= 0.6 is 0 Å². The quantitative estimate of drug-likeness (QED) is 0.611. The molecule has 0 aliphatic rings. The maximum atomic E-state index is 11.5. The smallest absolute Gasteiger partial charge is 0.328 e. The molecule has 19 heavy (non-hydrogen) atoms. The van der Waals surface area contributed by atoms with Crippen molar-refractivity contribution in [3.05, 3.63) is 18.2 Å². The van der Waals surface area contributed by atoms with E-state index in [2.05, 4.69) is 5.32 Å². The second kappa shape index (κ2) is 6.87. The van der Waals surface area contributed by atoms with Crippen molar-refractivity contribution in [2.24, 2.45) is 0 Å². The molecule has 0 aliphatic heterocycles. The second-order valence-corrected chi connectivity index (χ2v) is 4.58. The van der Waals surface area contributed by atoms with Gasteiger partial charge in [-0.15, -0.1) is 0 Å². The average molecular weight is 266 g/mol. The lowest BCUT2D eigenvalue weighted by Gasteiger charge is -2.16. The van der Waals surface area contributed by atoms with Crippen molar-refractivity contribution in [3.8, 4) is 5.75 Å². The lowest BCUT2D eigenvalue weighted by Crippen LogP contribution is -2.28. The Morgan fingerprint density at radius 2 is 2.00 bits per heavy atom. The topological polar surface area (TPSA) is 73.6 Å². The van der Waals surface area contributed by atoms with Crippen molar-refractivity contribution in [2.75, 3.05) is 17.7 Å². The summed E-state index contributed by atoms with van der Waals surface area (Å²) in [6.07, 6.45) is 0.0668. The van der Waals surface area contributed by atoms with Crippen molar-refractivity contribution in [2.45, 2.75) is 39.8 Å². The number of esters is 1. The molecular weight excluding hydrogens is 244 g/mol. The van der Waals surface area contributed by atoms with Crippen LogP contribution < -0.4 is 15.8 Å². The van der Waals surface area contributed by atoms with Crippen molar-refractivity contribution in [1.82, 2.24) is 0 Å². The van der Waals surface area contributed by atoms with Gasteiger partial charge in [0.2, 0.25) is 0 Å². The first-order chi connectivity index (χ1) is 8.92. The Morgan fingerprint density at radius 3 is 2.58 bits per heavy atom. The number of nitrogens with one attached hydrogen (secondary N) is 1. The van der Waals surface area contributed by atoms with Gasteiger partial charge in [0.25, 0.3) is 0 Å². The van der Waals surface area contributed by atoms with Gasteiger partial charge < -0.3 is 20.5 Å². The van der Waals surface area contributed by atoms with Gasteiger partial charge in [0.1, 0.15) is 11.8 Å². The number of ether oxygens (including phenoxy) is 2. The third kappa shape index (κ3) is 5.07. The van der Waals surface area contributed by atoms with Crippen LogP contribution in [0.2, 0.25) is 0 Å². The lowest BCUT2D eigenvalue weighted by atomic mass is 10.2. The van der Waals surface area contributed by atoms with E-state index in [1.165, 1.54) is 0 Å². The molecule has 0 aliphatic carbocycles. The number of nitrogens with two attached hydrogens (primary N) is 1. The Balaban J connectivity index is 2.77. The maximum Gasteiger partial charge on any atom is 0.328 e. The first-order valence-corrected chi connectivity index (χ1v) is 6.42. The molecular formula is C14H22N2O3. The van der Waals surface area contributed by atoms with E-state index in [0.717, 1.165) is 5.69 Å². The van der Waals surface area contributed by atoms with E-state index in [0.29, 0.717) is 18.0 Å². The van der Waals surface area contributed by atoms with Gasteiger partial charge in [-0.1, -0.05) is 0 Å². The standard InChI is InChI=1S/C14H22N2O3/c1-5-18-14(17)10(4)16-12-6-11(15)7-13(8-12)19-9(2)3/h6-10,16H,5,15H2,1-4H3. The van der Waals surface area contributed by atoms with E-state index in [-0.39, 0.29) is 12.1 Å². The van der Waals surface area contributed by atoms with Crippen LogP contribution in [0.4, 0.5) is 11.4 Å². The van der Waals surface area contributed by atoms with Crippen LogP contribution in [0.1, 0.15) is 27.7 Å². The summed E-state index contributed by atoms with van der Waals surface area (Å²) < 4.78 is 10.5. The molecule has 0 radical (unpaired) electrons. The SMILES string of the molecule is CCOC(=O)C(C)Nc1cc(N)cc(OC(C)C)c1. The Morgan fingerprint density at radius 1 is 1.32 bits per heavy atom. The molecule has 1 atom stereocenters. The minimum Gasteiger partial charge on any atom is -0.491 e. The summed E-state index contributed by atoms with van der Waals surface area (Å²) in [5.74, 6) is 0.379. The number of rotatable bonds is 6. The highest BCUT2D eigenvalue weighted by atomic mass is 16.5. The van der Waals surface area contributed by atoms with Crippen LogP contribution in [0.3, 0.4) is 0 Å². The normalized spacial score (nSPS) is 12.1. The molecule has 106 valence electrons. The Kier molecular flexibility index (Phi) is 5.48. The fourth-order valence-electron chi connectivity index (χ4n) is 1.62. The molecule has 0 heterocycles. The summed E-state index contributed by atoms with van der Waals surface area (Å²) in [7, 11) is 0. The van der Waals surface area contributed by atoms with Crippen LogP contribution in [-0.4, -0.2) is 24.7 Å². The second-order valence-electron chi connectivity index (χ2n) is 4.58. The number of carbonyl (C=O) groups is 1. The van der Waals surface area contributed by atoms with Crippen LogP contribution in [0.25, 0.3) is 0 Å². The number of anilines is 2. The molecule has 5 heteroatoms. The average Bonchev–Trinajstić information content (AvgIpc) is 2.27. The van der Waals surface area contributed by atoms with Gasteiger partial charge in [0, 0.05) is 23.5 Å². The van der Waals surface area contributed by atoms with E-state index in [4.69, 9.17) is 15.2 Å². The summed E-state index contributed by atoms with van der Waals surface area (Å²) >= 11 is 0. The predicted octanol–water partition coefficient (Wildman–Crippen LogP) is 2.42. The van der Waals surface area contributed by atoms with Crippen LogP contribution in [-0.2, 0) is 9.53 Å². The molecule has 0 aromatic heterocycles. The van der Waals surface area contributed by atoms with E-state index in [1.54, 1.807) is 26.0 Å². The Labute approximate surface area is 114 Å². The highest BCUT2D eigenvalue weighted by Crippen LogP contribution is 2.24. The number of hydrogen-bond donors (Lipinski definition) is 2. The van der Waals surface area contributed by atoms with Crippen molar-refractivity contribution in [1.29, 1.82) is 0 Å². The lowest BCUT2D eigenvalue weighted by molar-refractivity contribution is -0.143. The molecule has 0 saturated heterocycles. The third-order valence-electron chi connectivity index (χ3n) is 2.32. The molecule has 0 fully saturated rings. The monoisotopic (exact) mass is 266 g/mol. The molecule has 1 unspecified atom stereocenters. The first-order valence-electron chi connectivity index (χ1n) is 6.42. The van der Waals surface area contributed by atoms with Crippen molar-refractivity contribution in [3.63, 3.8) is 0 Å². The molecule has 1 aromatic carbocycles. The zero-order valence-electron chi connectivity index (χ0n) is 11.9. The largest absolute Gasteiger partial charge is 0.491 e. The van der Waals surface area contributed by atoms with Gasteiger partial charge in [-0.2, -0.15) is 0 Å². The molecule has 5 nitrogen and oxygen atoms in total. The van der Waals surface area contributed by atoms with Crippen LogP contribution in [0.15, 0.2) is 18.2 Å². The predicted molar refractivity (Wildman–Crippen MR) is 76.3 cm³/mol. The van der Waals surface area contributed by atoms with E-state index < -0.39 is 6.04 Å². The highest BCUT2D eigenvalue weighted by Gasteiger charge is 2.14. The van der Waals surface area contributed by atoms with Crippen LogP contribution in [0.5, 0.6) is 5.75 Å². The molecule has 3 N–H and O–H groups in total. The Bertz CT molecular complexity index is 433. The molecule has 0 amide bonds. The third-order valence-corrected chi connectivity index (χ3v) is 2.32. The summed E-state index contributed by atoms with van der Waals surface area (Å²) in [6.45, 7) is 7.77. The van der Waals surface area contributed by atoms with E-state index in [1.807, 2.05) is 19.9 Å². The summed E-state index contributed by atoms with van der Waals surface area (Å²) in [5, 5.41) is 3.05. The maximum absolute atomic E-state index is 11.5. The summed E-state index contributed by atoms with van der Waals surface area (Å²) in [6, 6.07) is 4.88. The number of nitrogen functional groups attached to an aromatic ring is 1. The first kappa shape index (κ1) is 15.1.